The summed E-state index contributed by atoms with van der Waals surface area (Å²) in [6, 6.07) is 5.80. The van der Waals surface area contributed by atoms with Crippen LogP contribution in [0.2, 0.25) is 0 Å². The molecule has 0 spiro atoms. The molecule has 0 saturated heterocycles. The summed E-state index contributed by atoms with van der Waals surface area (Å²) < 4.78 is 35.5. The third-order valence-electron chi connectivity index (χ3n) is 1.36. The van der Waals surface area contributed by atoms with Crippen LogP contribution in [-0.2, 0) is 6.42 Å². The molecule has 1 rings (SSSR count). The van der Waals surface area contributed by atoms with E-state index < -0.39 is 12.6 Å². The molecule has 1 nitrogen and oxygen atoms in total. The van der Waals surface area contributed by atoms with E-state index in [0.717, 1.165) is 0 Å². The summed E-state index contributed by atoms with van der Waals surface area (Å²) in [5.74, 6) is 0. The first-order chi connectivity index (χ1) is 6.47. The number of anilines is 1. The molecular formula is C10H14F3N. The van der Waals surface area contributed by atoms with Gasteiger partial charge in [0.15, 0.2) is 0 Å². The summed E-state index contributed by atoms with van der Waals surface area (Å²) in [6.45, 7) is 4.00. The highest BCUT2D eigenvalue weighted by atomic mass is 19.4. The summed E-state index contributed by atoms with van der Waals surface area (Å²) in [6.07, 6.45) is -5.08. The standard InChI is InChI=1S/C8H8F3N.C2H6/c9-8(10,11)5-6-2-1-3-7(12)4-6;1-2/h1-4H,5,12H2;1-2H3. The second kappa shape index (κ2) is 5.52. The highest BCUT2D eigenvalue weighted by molar-refractivity contribution is 5.40. The van der Waals surface area contributed by atoms with Gasteiger partial charge in [0.2, 0.25) is 0 Å². The van der Waals surface area contributed by atoms with Gasteiger partial charge >= 0.3 is 6.18 Å². The van der Waals surface area contributed by atoms with Crippen molar-refractivity contribution in [2.75, 3.05) is 5.73 Å². The molecule has 0 bridgehead atoms. The Morgan fingerprint density at radius 1 is 1.21 bits per heavy atom. The molecule has 0 unspecified atom stereocenters. The minimum Gasteiger partial charge on any atom is -0.399 e. The molecule has 0 aliphatic heterocycles. The lowest BCUT2D eigenvalue weighted by Crippen LogP contribution is -2.11. The molecule has 0 amide bonds. The van der Waals surface area contributed by atoms with Gasteiger partial charge in [0.25, 0.3) is 0 Å². The monoisotopic (exact) mass is 205 g/mol. The maximum Gasteiger partial charge on any atom is 0.393 e. The van der Waals surface area contributed by atoms with Crippen molar-refractivity contribution in [1.82, 2.24) is 0 Å². The maximum absolute atomic E-state index is 11.8. The fraction of sp³-hybridized carbons (Fsp3) is 0.400. The lowest BCUT2D eigenvalue weighted by atomic mass is 10.1. The van der Waals surface area contributed by atoms with Crippen LogP contribution in [0.5, 0.6) is 0 Å². The van der Waals surface area contributed by atoms with Gasteiger partial charge in [0, 0.05) is 5.69 Å². The van der Waals surface area contributed by atoms with E-state index in [0.29, 0.717) is 5.69 Å². The van der Waals surface area contributed by atoms with Gasteiger partial charge in [-0.15, -0.1) is 0 Å². The predicted molar refractivity (Wildman–Crippen MR) is 52.0 cm³/mol. The van der Waals surface area contributed by atoms with Gasteiger partial charge in [0.05, 0.1) is 6.42 Å². The van der Waals surface area contributed by atoms with Crippen molar-refractivity contribution in [1.29, 1.82) is 0 Å². The second-order valence-electron chi connectivity index (χ2n) is 2.54. The average Bonchev–Trinajstić information content (AvgIpc) is 2.04. The van der Waals surface area contributed by atoms with Crippen molar-refractivity contribution in [2.24, 2.45) is 0 Å². The first-order valence-corrected chi connectivity index (χ1v) is 4.38. The largest absolute Gasteiger partial charge is 0.399 e. The zero-order valence-corrected chi connectivity index (χ0v) is 8.23. The first-order valence-electron chi connectivity index (χ1n) is 4.38. The maximum atomic E-state index is 11.8. The van der Waals surface area contributed by atoms with E-state index in [2.05, 4.69) is 0 Å². The van der Waals surface area contributed by atoms with E-state index in [1.54, 1.807) is 6.07 Å². The molecule has 0 heterocycles. The molecule has 0 saturated carbocycles. The van der Waals surface area contributed by atoms with Crippen LogP contribution in [0.3, 0.4) is 0 Å². The van der Waals surface area contributed by atoms with E-state index >= 15 is 0 Å². The van der Waals surface area contributed by atoms with Gasteiger partial charge in [-0.05, 0) is 17.7 Å². The zero-order chi connectivity index (χ0) is 11.2. The van der Waals surface area contributed by atoms with Gasteiger partial charge in [-0.25, -0.2) is 0 Å². The Labute approximate surface area is 81.7 Å². The summed E-state index contributed by atoms with van der Waals surface area (Å²) in [5.41, 5.74) is 5.86. The SMILES string of the molecule is CC.Nc1cccc(CC(F)(F)F)c1. The van der Waals surface area contributed by atoms with Crippen LogP contribution in [0.15, 0.2) is 24.3 Å². The Balaban J connectivity index is 0.000000791. The number of hydrogen-bond donors (Lipinski definition) is 1. The lowest BCUT2D eigenvalue weighted by Gasteiger charge is -2.05. The fourth-order valence-electron chi connectivity index (χ4n) is 0.935. The molecule has 0 aliphatic carbocycles. The number of hydrogen-bond acceptors (Lipinski definition) is 1. The van der Waals surface area contributed by atoms with E-state index in [1.165, 1.54) is 18.2 Å². The number of nitrogens with two attached hydrogens (primary N) is 1. The number of benzene rings is 1. The second-order valence-corrected chi connectivity index (χ2v) is 2.54. The van der Waals surface area contributed by atoms with Crippen LogP contribution in [0, 0.1) is 0 Å². The Morgan fingerprint density at radius 2 is 1.79 bits per heavy atom. The van der Waals surface area contributed by atoms with Crippen LogP contribution >= 0.6 is 0 Å². The average molecular weight is 205 g/mol. The molecule has 0 radical (unpaired) electrons. The summed E-state index contributed by atoms with van der Waals surface area (Å²) in [4.78, 5) is 0. The van der Waals surface area contributed by atoms with Crippen molar-refractivity contribution < 1.29 is 13.2 Å². The van der Waals surface area contributed by atoms with Crippen LogP contribution in [0.1, 0.15) is 19.4 Å². The van der Waals surface area contributed by atoms with Crippen molar-refractivity contribution in [2.45, 2.75) is 26.4 Å². The topological polar surface area (TPSA) is 26.0 Å². The number of rotatable bonds is 1. The van der Waals surface area contributed by atoms with Crippen molar-refractivity contribution in [3.8, 4) is 0 Å². The Bertz CT molecular complexity index is 268. The van der Waals surface area contributed by atoms with Crippen molar-refractivity contribution >= 4 is 5.69 Å². The highest BCUT2D eigenvalue weighted by Gasteiger charge is 2.27. The van der Waals surface area contributed by atoms with Crippen molar-refractivity contribution in [3.05, 3.63) is 29.8 Å². The van der Waals surface area contributed by atoms with Crippen LogP contribution in [-0.4, -0.2) is 6.18 Å². The van der Waals surface area contributed by atoms with Gasteiger partial charge in [0.1, 0.15) is 0 Å². The van der Waals surface area contributed by atoms with Gasteiger partial charge in [-0.2, -0.15) is 13.2 Å². The first kappa shape index (κ1) is 12.8. The molecule has 4 heteroatoms. The van der Waals surface area contributed by atoms with Crippen LogP contribution < -0.4 is 5.73 Å². The molecule has 0 aliphatic rings. The molecule has 80 valence electrons. The Hall–Kier alpha value is -1.19. The van der Waals surface area contributed by atoms with E-state index in [-0.39, 0.29) is 5.56 Å². The highest BCUT2D eigenvalue weighted by Crippen LogP contribution is 2.21. The lowest BCUT2D eigenvalue weighted by molar-refractivity contribution is -0.127. The molecular weight excluding hydrogens is 191 g/mol. The van der Waals surface area contributed by atoms with E-state index in [4.69, 9.17) is 5.73 Å². The van der Waals surface area contributed by atoms with Gasteiger partial charge < -0.3 is 5.73 Å². The minimum atomic E-state index is -4.16. The fourth-order valence-corrected chi connectivity index (χ4v) is 0.935. The van der Waals surface area contributed by atoms with Gasteiger partial charge in [-0.3, -0.25) is 0 Å². The summed E-state index contributed by atoms with van der Waals surface area (Å²) >= 11 is 0. The summed E-state index contributed by atoms with van der Waals surface area (Å²) in [7, 11) is 0. The zero-order valence-electron chi connectivity index (χ0n) is 8.23. The number of alkyl halides is 3. The number of halogens is 3. The molecule has 0 fully saturated rings. The molecule has 0 aromatic heterocycles. The van der Waals surface area contributed by atoms with Crippen LogP contribution in [0.4, 0.5) is 18.9 Å². The van der Waals surface area contributed by atoms with Gasteiger partial charge in [-0.1, -0.05) is 26.0 Å². The molecule has 1 aromatic rings. The van der Waals surface area contributed by atoms with E-state index in [9.17, 15) is 13.2 Å². The Kier molecular flexibility index (Phi) is 5.05. The minimum absolute atomic E-state index is 0.197. The molecule has 1 aromatic carbocycles. The normalized spacial score (nSPS) is 10.4. The summed E-state index contributed by atoms with van der Waals surface area (Å²) in [5, 5.41) is 0. The van der Waals surface area contributed by atoms with E-state index in [1.807, 2.05) is 13.8 Å². The van der Waals surface area contributed by atoms with Crippen LogP contribution in [0.25, 0.3) is 0 Å². The smallest absolute Gasteiger partial charge is 0.393 e. The van der Waals surface area contributed by atoms with Crippen molar-refractivity contribution in [3.63, 3.8) is 0 Å². The predicted octanol–water partition coefficient (Wildman–Crippen LogP) is 3.40. The quantitative estimate of drug-likeness (QED) is 0.698. The third kappa shape index (κ3) is 5.45. The molecule has 14 heavy (non-hydrogen) atoms. The molecule has 2 N–H and O–H groups in total. The third-order valence-corrected chi connectivity index (χ3v) is 1.36. The molecule has 0 atom stereocenters. The Morgan fingerprint density at radius 3 is 2.21 bits per heavy atom. The number of nitrogen functional groups attached to an aromatic ring is 1.